The Morgan fingerprint density at radius 2 is 0.565 bits per heavy atom. The maximum atomic E-state index is 12.9. The molecule has 0 bridgehead atoms. The first kappa shape index (κ1) is 65.8. The molecule has 6 nitrogen and oxygen atoms in total. The number of hydrogen-bond acceptors (Lipinski definition) is 6. The molecule has 0 saturated carbocycles. The van der Waals surface area contributed by atoms with Crippen molar-refractivity contribution in [2.75, 3.05) is 13.2 Å². The lowest BCUT2D eigenvalue weighted by molar-refractivity contribution is -0.167. The first-order valence-electron chi connectivity index (χ1n) is 29.4. The van der Waals surface area contributed by atoms with Crippen LogP contribution in [0.4, 0.5) is 0 Å². The summed E-state index contributed by atoms with van der Waals surface area (Å²) in [6.45, 7) is 6.51. The van der Waals surface area contributed by atoms with E-state index < -0.39 is 6.10 Å². The number of rotatable bonds is 53. The van der Waals surface area contributed by atoms with Crippen LogP contribution in [0, 0.1) is 0 Å². The van der Waals surface area contributed by atoms with Gasteiger partial charge in [-0.25, -0.2) is 0 Å². The summed E-state index contributed by atoms with van der Waals surface area (Å²) < 4.78 is 16.8. The molecule has 0 rings (SSSR count). The van der Waals surface area contributed by atoms with Gasteiger partial charge in [0.1, 0.15) is 13.2 Å². The molecule has 0 aromatic heterocycles. The van der Waals surface area contributed by atoms with Crippen molar-refractivity contribution >= 4 is 17.9 Å². The molecule has 0 radical (unpaired) electrons. The predicted octanol–water partition coefficient (Wildman–Crippen LogP) is 19.8. The van der Waals surface area contributed by atoms with E-state index in [0.717, 1.165) is 96.3 Å². The van der Waals surface area contributed by atoms with Crippen LogP contribution in [0.5, 0.6) is 0 Å². The average molecular weight is 964 g/mol. The van der Waals surface area contributed by atoms with Crippen LogP contribution in [0.3, 0.4) is 0 Å². The minimum atomic E-state index is -0.779. The number of esters is 3. The van der Waals surface area contributed by atoms with Gasteiger partial charge in [-0.05, 0) is 89.9 Å². The summed E-state index contributed by atoms with van der Waals surface area (Å²) in [6.07, 6.45) is 73.3. The van der Waals surface area contributed by atoms with Gasteiger partial charge in [0.05, 0.1) is 0 Å². The van der Waals surface area contributed by atoms with Crippen molar-refractivity contribution in [2.45, 2.75) is 297 Å². The number of ether oxygens (including phenoxy) is 3. The molecule has 6 heteroatoms. The molecular formula is C63H110O6. The van der Waals surface area contributed by atoms with Crippen LogP contribution in [0.25, 0.3) is 0 Å². The quantitative estimate of drug-likeness (QED) is 0.0262. The molecule has 0 N–H and O–H groups in total. The molecule has 0 fully saturated rings. The maximum Gasteiger partial charge on any atom is 0.306 e. The molecule has 69 heavy (non-hydrogen) atoms. The van der Waals surface area contributed by atoms with Crippen LogP contribution in [0.15, 0.2) is 72.9 Å². The van der Waals surface area contributed by atoms with E-state index in [1.165, 1.54) is 154 Å². The monoisotopic (exact) mass is 963 g/mol. The van der Waals surface area contributed by atoms with Crippen molar-refractivity contribution in [1.29, 1.82) is 0 Å². The zero-order valence-corrected chi connectivity index (χ0v) is 45.6. The third-order valence-corrected chi connectivity index (χ3v) is 12.7. The van der Waals surface area contributed by atoms with Gasteiger partial charge in [-0.3, -0.25) is 14.4 Å². The van der Waals surface area contributed by atoms with Crippen LogP contribution in [-0.2, 0) is 28.6 Å². The molecule has 1 unspecified atom stereocenters. The zero-order valence-electron chi connectivity index (χ0n) is 45.6. The minimum absolute atomic E-state index is 0.0777. The Morgan fingerprint density at radius 3 is 0.884 bits per heavy atom. The van der Waals surface area contributed by atoms with Crippen LogP contribution < -0.4 is 0 Å². The third kappa shape index (κ3) is 55.6. The van der Waals surface area contributed by atoms with E-state index in [9.17, 15) is 14.4 Å². The molecule has 0 spiro atoms. The summed E-state index contributed by atoms with van der Waals surface area (Å²) in [4.78, 5) is 38.1. The van der Waals surface area contributed by atoms with Gasteiger partial charge in [-0.1, -0.05) is 254 Å². The zero-order chi connectivity index (χ0) is 50.0. The highest BCUT2D eigenvalue weighted by Crippen LogP contribution is 2.16. The molecule has 398 valence electrons. The van der Waals surface area contributed by atoms with Gasteiger partial charge < -0.3 is 14.2 Å². The fourth-order valence-electron chi connectivity index (χ4n) is 8.29. The van der Waals surface area contributed by atoms with Gasteiger partial charge in [0.25, 0.3) is 0 Å². The minimum Gasteiger partial charge on any atom is -0.462 e. The van der Waals surface area contributed by atoms with Crippen LogP contribution in [0.1, 0.15) is 290 Å². The second-order valence-corrected chi connectivity index (χ2v) is 19.5. The Labute approximate surface area is 427 Å². The van der Waals surface area contributed by atoms with Crippen LogP contribution in [-0.4, -0.2) is 37.2 Å². The van der Waals surface area contributed by atoms with Gasteiger partial charge in [0.2, 0.25) is 0 Å². The summed E-state index contributed by atoms with van der Waals surface area (Å²) >= 11 is 0. The molecule has 0 aliphatic heterocycles. The fraction of sp³-hybridized carbons (Fsp3) is 0.762. The predicted molar refractivity (Wildman–Crippen MR) is 298 cm³/mol. The molecule has 0 saturated heterocycles. The van der Waals surface area contributed by atoms with Crippen molar-refractivity contribution < 1.29 is 28.6 Å². The van der Waals surface area contributed by atoms with E-state index in [-0.39, 0.29) is 31.1 Å². The molecule has 1 atom stereocenters. The first-order valence-corrected chi connectivity index (χ1v) is 29.4. The van der Waals surface area contributed by atoms with Crippen LogP contribution >= 0.6 is 0 Å². The highest BCUT2D eigenvalue weighted by Gasteiger charge is 2.19. The average Bonchev–Trinajstić information content (AvgIpc) is 3.35. The van der Waals surface area contributed by atoms with E-state index in [1.54, 1.807) is 0 Å². The Hall–Kier alpha value is -3.15. The van der Waals surface area contributed by atoms with E-state index in [2.05, 4.69) is 93.7 Å². The smallest absolute Gasteiger partial charge is 0.306 e. The normalized spacial score (nSPS) is 12.6. The number of hydrogen-bond donors (Lipinski definition) is 0. The fourth-order valence-corrected chi connectivity index (χ4v) is 8.29. The lowest BCUT2D eigenvalue weighted by Gasteiger charge is -2.18. The summed E-state index contributed by atoms with van der Waals surface area (Å²) in [5.41, 5.74) is 0. The summed E-state index contributed by atoms with van der Waals surface area (Å²) in [5, 5.41) is 0. The van der Waals surface area contributed by atoms with Crippen molar-refractivity contribution in [1.82, 2.24) is 0 Å². The molecular weight excluding hydrogens is 853 g/mol. The second-order valence-electron chi connectivity index (χ2n) is 19.5. The summed E-state index contributed by atoms with van der Waals surface area (Å²) in [5.74, 6) is -0.884. The Kier molecular flexibility index (Phi) is 54.8. The van der Waals surface area contributed by atoms with Crippen molar-refractivity contribution in [3.8, 4) is 0 Å². The van der Waals surface area contributed by atoms with Crippen LogP contribution in [0.2, 0.25) is 0 Å². The van der Waals surface area contributed by atoms with E-state index in [4.69, 9.17) is 14.2 Å². The van der Waals surface area contributed by atoms with Gasteiger partial charge in [0, 0.05) is 19.3 Å². The number of carbonyl (C=O) groups excluding carboxylic acids is 3. The molecule has 0 aromatic rings. The molecule has 0 aromatic carbocycles. The largest absolute Gasteiger partial charge is 0.462 e. The Bertz CT molecular complexity index is 1290. The van der Waals surface area contributed by atoms with Crippen molar-refractivity contribution in [2.24, 2.45) is 0 Å². The first-order chi connectivity index (χ1) is 34.0. The maximum absolute atomic E-state index is 12.9. The topological polar surface area (TPSA) is 78.9 Å². The van der Waals surface area contributed by atoms with Gasteiger partial charge in [-0.15, -0.1) is 0 Å². The van der Waals surface area contributed by atoms with Gasteiger partial charge in [-0.2, -0.15) is 0 Å². The molecule has 0 amide bonds. The Morgan fingerprint density at radius 1 is 0.304 bits per heavy atom. The van der Waals surface area contributed by atoms with Crippen molar-refractivity contribution in [3.63, 3.8) is 0 Å². The number of carbonyl (C=O) groups is 3. The highest BCUT2D eigenvalue weighted by molar-refractivity contribution is 5.71. The Balaban J connectivity index is 4.28. The molecule has 0 aliphatic carbocycles. The van der Waals surface area contributed by atoms with E-state index in [1.807, 2.05) is 0 Å². The third-order valence-electron chi connectivity index (χ3n) is 12.7. The highest BCUT2D eigenvalue weighted by atomic mass is 16.6. The number of allylic oxidation sites excluding steroid dienone is 12. The lowest BCUT2D eigenvalue weighted by Crippen LogP contribution is -2.30. The second kappa shape index (κ2) is 57.4. The van der Waals surface area contributed by atoms with Gasteiger partial charge >= 0.3 is 17.9 Å². The SMILES string of the molecule is CC/C=C\C/C=C\C/C=C\C/C=C\CCCCCCCCCCC(=O)OCC(COC(=O)CCCCCCCCCCC)OC(=O)CCCCCCCCCCC/C=C\C/C=C\CCCCCCC. The summed E-state index contributed by atoms with van der Waals surface area (Å²) in [7, 11) is 0. The van der Waals surface area contributed by atoms with Crippen molar-refractivity contribution in [3.05, 3.63) is 72.9 Å². The standard InChI is InChI=1S/C63H110O6/c1-4-7-10-13-16-19-21-23-25-27-29-31-33-35-37-39-41-44-47-50-53-56-62(65)68-59-60(58-67-61(64)55-52-49-46-43-18-15-12-9-6-3)69-63(66)57-54-51-48-45-42-40-38-36-34-32-30-28-26-24-22-20-17-14-11-8-5-2/h7,10,16,19,22-25,28-31,60H,4-6,8-9,11-15,17-18,20-21,26-27,32-59H2,1-3H3/b10-7-,19-16-,24-22-,25-23-,30-28-,31-29-. The lowest BCUT2D eigenvalue weighted by atomic mass is 10.1. The summed E-state index contributed by atoms with van der Waals surface area (Å²) in [6, 6.07) is 0. The van der Waals surface area contributed by atoms with E-state index in [0.29, 0.717) is 19.3 Å². The van der Waals surface area contributed by atoms with Gasteiger partial charge in [0.15, 0.2) is 6.10 Å². The van der Waals surface area contributed by atoms with E-state index >= 15 is 0 Å². The molecule has 0 heterocycles. The number of unbranched alkanes of at least 4 members (excludes halogenated alkanes) is 30. The molecule has 0 aliphatic rings.